The third-order valence-corrected chi connectivity index (χ3v) is 6.07. The molecule has 1 fully saturated rings. The lowest BCUT2D eigenvalue weighted by Crippen LogP contribution is -2.27. The number of thioether (sulfide) groups is 1. The van der Waals surface area contributed by atoms with Gasteiger partial charge in [-0.3, -0.25) is 9.59 Å². The Labute approximate surface area is 198 Å². The highest BCUT2D eigenvalue weighted by molar-refractivity contribution is 8.19. The van der Waals surface area contributed by atoms with Crippen molar-refractivity contribution in [2.75, 3.05) is 4.90 Å². The average Bonchev–Trinajstić information content (AvgIpc) is 3.06. The van der Waals surface area contributed by atoms with Gasteiger partial charge in [0.2, 0.25) is 0 Å². The number of carbonyl (C=O) groups is 2. The molecule has 3 aromatic rings. The van der Waals surface area contributed by atoms with Gasteiger partial charge in [0.05, 0.1) is 32.3 Å². The van der Waals surface area contributed by atoms with E-state index in [9.17, 15) is 14.9 Å². The Morgan fingerprint density at radius 3 is 2.34 bits per heavy atom. The van der Waals surface area contributed by atoms with Gasteiger partial charge >= 0.3 is 0 Å². The number of hydrogen-bond acceptors (Lipinski definition) is 5. The molecule has 1 aliphatic rings. The molecule has 1 heterocycles. The lowest BCUT2D eigenvalue weighted by Gasteiger charge is -2.12. The van der Waals surface area contributed by atoms with Gasteiger partial charge in [0.1, 0.15) is 6.61 Å². The quantitative estimate of drug-likeness (QED) is 0.380. The van der Waals surface area contributed by atoms with Crippen molar-refractivity contribution < 1.29 is 14.3 Å². The summed E-state index contributed by atoms with van der Waals surface area (Å²) in [5.41, 5.74) is 2.28. The van der Waals surface area contributed by atoms with Crippen LogP contribution in [-0.4, -0.2) is 11.1 Å². The predicted molar refractivity (Wildman–Crippen MR) is 127 cm³/mol. The number of benzene rings is 3. The van der Waals surface area contributed by atoms with Crippen LogP contribution in [0.3, 0.4) is 0 Å². The molecule has 0 aliphatic carbocycles. The Morgan fingerprint density at radius 1 is 1.00 bits per heavy atom. The first kappa shape index (κ1) is 22.0. The predicted octanol–water partition coefficient (Wildman–Crippen LogP) is 6.68. The first-order valence-electron chi connectivity index (χ1n) is 9.41. The van der Waals surface area contributed by atoms with Crippen LogP contribution in [0, 0.1) is 11.3 Å². The van der Waals surface area contributed by atoms with E-state index in [1.807, 2.05) is 12.1 Å². The molecule has 1 aliphatic heterocycles. The van der Waals surface area contributed by atoms with E-state index < -0.39 is 5.91 Å². The molecule has 0 radical (unpaired) electrons. The van der Waals surface area contributed by atoms with E-state index in [1.165, 1.54) is 0 Å². The number of hydrogen-bond donors (Lipinski definition) is 0. The zero-order valence-electron chi connectivity index (χ0n) is 16.4. The number of ether oxygens (including phenoxy) is 1. The summed E-state index contributed by atoms with van der Waals surface area (Å²) in [7, 11) is 0. The Hall–Kier alpha value is -3.24. The van der Waals surface area contributed by atoms with E-state index in [-0.39, 0.29) is 32.5 Å². The van der Waals surface area contributed by atoms with Crippen molar-refractivity contribution in [3.8, 4) is 11.8 Å². The smallest absolute Gasteiger partial charge is 0.298 e. The fourth-order valence-electron chi connectivity index (χ4n) is 3.12. The molecule has 0 N–H and O–H groups in total. The Morgan fingerprint density at radius 2 is 1.66 bits per heavy atom. The van der Waals surface area contributed by atoms with Crippen molar-refractivity contribution >= 4 is 57.9 Å². The first-order chi connectivity index (χ1) is 15.5. The molecule has 0 unspecified atom stereocenters. The van der Waals surface area contributed by atoms with Gasteiger partial charge in [-0.25, -0.2) is 4.90 Å². The largest absolute Gasteiger partial charge is 0.486 e. The summed E-state index contributed by atoms with van der Waals surface area (Å²) in [6.07, 6.45) is 1.57. The number of nitriles is 1. The zero-order valence-corrected chi connectivity index (χ0v) is 18.7. The number of nitrogens with zero attached hydrogens (tertiary/aromatic N) is 2. The third-order valence-electron chi connectivity index (χ3n) is 4.64. The number of imide groups is 1. The van der Waals surface area contributed by atoms with Crippen LogP contribution in [0.2, 0.25) is 10.0 Å². The number of carbonyl (C=O) groups excluding carboxylic acids is 2. The summed E-state index contributed by atoms with van der Waals surface area (Å²) >= 11 is 13.6. The number of amides is 2. The summed E-state index contributed by atoms with van der Waals surface area (Å²) in [6.45, 7) is 0.123. The van der Waals surface area contributed by atoms with Crippen molar-refractivity contribution in [2.45, 2.75) is 6.61 Å². The molecule has 0 spiro atoms. The summed E-state index contributed by atoms with van der Waals surface area (Å²) in [5.74, 6) is -0.137. The lowest BCUT2D eigenvalue weighted by atomic mass is 10.1. The minimum Gasteiger partial charge on any atom is -0.486 e. The highest BCUT2D eigenvalue weighted by Gasteiger charge is 2.36. The minimum atomic E-state index is -0.410. The molecule has 0 atom stereocenters. The van der Waals surface area contributed by atoms with Crippen molar-refractivity contribution in [1.82, 2.24) is 0 Å². The van der Waals surface area contributed by atoms with E-state index >= 15 is 0 Å². The van der Waals surface area contributed by atoms with Gasteiger partial charge in [-0.05, 0) is 53.7 Å². The number of para-hydroxylation sites is 1. The number of anilines is 1. The number of halogens is 2. The van der Waals surface area contributed by atoms with Gasteiger partial charge in [0.15, 0.2) is 5.75 Å². The van der Waals surface area contributed by atoms with Crippen LogP contribution in [0.1, 0.15) is 16.7 Å². The molecular weight excluding hydrogens is 467 g/mol. The second kappa shape index (κ2) is 9.49. The minimum absolute atomic E-state index is 0.123. The Bertz CT molecular complexity index is 1260. The van der Waals surface area contributed by atoms with Gasteiger partial charge in [-0.1, -0.05) is 59.6 Å². The average molecular weight is 481 g/mol. The van der Waals surface area contributed by atoms with Gasteiger partial charge in [0.25, 0.3) is 11.1 Å². The number of rotatable bonds is 5. The van der Waals surface area contributed by atoms with Crippen LogP contribution in [0.15, 0.2) is 71.6 Å². The standard InChI is InChI=1S/C24H14Cl2N2O3S/c25-19-10-15(11-20(26)22(19)31-14-17-7-5-4-6-16(17)13-27)12-21-23(29)28(24(30)32-21)18-8-2-1-3-9-18/h1-12H,14H2/b21-12-. The molecule has 5 nitrogen and oxygen atoms in total. The Balaban J connectivity index is 1.56. The molecule has 1 saturated heterocycles. The third kappa shape index (κ3) is 4.51. The highest BCUT2D eigenvalue weighted by atomic mass is 35.5. The van der Waals surface area contributed by atoms with E-state index in [1.54, 1.807) is 60.7 Å². The molecule has 158 valence electrons. The maximum absolute atomic E-state index is 12.8. The molecular formula is C24H14Cl2N2O3S. The molecule has 3 aromatic carbocycles. The fraction of sp³-hybridized carbons (Fsp3) is 0.0417. The molecule has 0 bridgehead atoms. The first-order valence-corrected chi connectivity index (χ1v) is 11.0. The van der Waals surface area contributed by atoms with Crippen LogP contribution in [0.5, 0.6) is 5.75 Å². The van der Waals surface area contributed by atoms with E-state index in [4.69, 9.17) is 27.9 Å². The molecule has 8 heteroatoms. The summed E-state index contributed by atoms with van der Waals surface area (Å²) in [5, 5.41) is 9.33. The van der Waals surface area contributed by atoms with E-state index in [0.29, 0.717) is 22.4 Å². The van der Waals surface area contributed by atoms with Crippen molar-refractivity contribution in [1.29, 1.82) is 5.26 Å². The topological polar surface area (TPSA) is 70.4 Å². The second-order valence-corrected chi connectivity index (χ2v) is 8.53. The zero-order chi connectivity index (χ0) is 22.7. The van der Waals surface area contributed by atoms with Crippen molar-refractivity contribution in [2.24, 2.45) is 0 Å². The van der Waals surface area contributed by atoms with Crippen LogP contribution in [0.25, 0.3) is 6.08 Å². The lowest BCUT2D eigenvalue weighted by molar-refractivity contribution is -0.113. The maximum atomic E-state index is 12.8. The summed E-state index contributed by atoms with van der Waals surface area (Å²) in [4.78, 5) is 26.5. The van der Waals surface area contributed by atoms with Gasteiger partial charge < -0.3 is 4.74 Å². The highest BCUT2D eigenvalue weighted by Crippen LogP contribution is 2.39. The summed E-state index contributed by atoms with van der Waals surface area (Å²) in [6, 6.07) is 21.1. The Kier molecular flexibility index (Phi) is 6.52. The van der Waals surface area contributed by atoms with E-state index in [2.05, 4.69) is 6.07 Å². The monoisotopic (exact) mass is 480 g/mol. The van der Waals surface area contributed by atoms with E-state index in [0.717, 1.165) is 16.7 Å². The van der Waals surface area contributed by atoms with Crippen LogP contribution in [0.4, 0.5) is 10.5 Å². The van der Waals surface area contributed by atoms with Crippen molar-refractivity contribution in [3.05, 3.63) is 98.4 Å². The molecule has 4 rings (SSSR count). The SMILES string of the molecule is N#Cc1ccccc1COc1c(Cl)cc(/C=C2\SC(=O)N(c3ccccc3)C2=O)cc1Cl. The normalized spacial score (nSPS) is 14.7. The van der Waals surface area contributed by atoms with Gasteiger partial charge in [-0.2, -0.15) is 5.26 Å². The molecule has 2 amide bonds. The van der Waals surface area contributed by atoms with Crippen LogP contribution in [-0.2, 0) is 11.4 Å². The van der Waals surface area contributed by atoms with Crippen LogP contribution >= 0.6 is 35.0 Å². The second-order valence-electron chi connectivity index (χ2n) is 6.72. The summed E-state index contributed by atoms with van der Waals surface area (Å²) < 4.78 is 5.76. The van der Waals surface area contributed by atoms with Crippen molar-refractivity contribution in [3.63, 3.8) is 0 Å². The van der Waals surface area contributed by atoms with Gasteiger partial charge in [0, 0.05) is 5.56 Å². The fourth-order valence-corrected chi connectivity index (χ4v) is 4.58. The molecule has 32 heavy (non-hydrogen) atoms. The van der Waals surface area contributed by atoms with Crippen LogP contribution < -0.4 is 9.64 Å². The van der Waals surface area contributed by atoms with Gasteiger partial charge in [-0.15, -0.1) is 0 Å². The molecule has 0 saturated carbocycles. The molecule has 0 aromatic heterocycles. The maximum Gasteiger partial charge on any atom is 0.298 e.